The quantitative estimate of drug-likeness (QED) is 0.757. The van der Waals surface area contributed by atoms with Crippen LogP contribution in [0.2, 0.25) is 0 Å². The highest BCUT2D eigenvalue weighted by atomic mass is 19.4. The monoisotopic (exact) mass is 239 g/mol. The van der Waals surface area contributed by atoms with E-state index in [1.54, 1.807) is 0 Å². The Kier molecular flexibility index (Phi) is 4.85. The van der Waals surface area contributed by atoms with E-state index < -0.39 is 30.9 Å². The third-order valence-electron chi connectivity index (χ3n) is 1.82. The fourth-order valence-corrected chi connectivity index (χ4v) is 1.17. The van der Waals surface area contributed by atoms with Gasteiger partial charge in [-0.25, -0.2) is 0 Å². The van der Waals surface area contributed by atoms with E-state index in [1.165, 1.54) is 0 Å². The zero-order chi connectivity index (χ0) is 12.3. The van der Waals surface area contributed by atoms with Gasteiger partial charge in [-0.3, -0.25) is 0 Å². The van der Waals surface area contributed by atoms with Crippen LogP contribution in [0.25, 0.3) is 0 Å². The lowest BCUT2D eigenvalue weighted by Gasteiger charge is -2.29. The molecule has 0 aromatic rings. The van der Waals surface area contributed by atoms with E-state index in [2.05, 4.69) is 4.74 Å². The van der Waals surface area contributed by atoms with Crippen molar-refractivity contribution in [2.75, 3.05) is 20.8 Å². The SMILES string of the molecule is CNC(COC)C(C(F)(F)F)C(F)(F)F. The lowest BCUT2D eigenvalue weighted by molar-refractivity contribution is -0.293. The van der Waals surface area contributed by atoms with Gasteiger partial charge in [0.1, 0.15) is 0 Å². The summed E-state index contributed by atoms with van der Waals surface area (Å²) in [5.74, 6) is -3.42. The summed E-state index contributed by atoms with van der Waals surface area (Å²) < 4.78 is 77.3. The molecule has 8 heteroatoms. The first-order chi connectivity index (χ1) is 6.64. The van der Waals surface area contributed by atoms with Gasteiger partial charge in [0.25, 0.3) is 0 Å². The molecule has 2 nitrogen and oxygen atoms in total. The van der Waals surface area contributed by atoms with Gasteiger partial charge in [-0.2, -0.15) is 26.3 Å². The topological polar surface area (TPSA) is 21.3 Å². The second kappa shape index (κ2) is 5.02. The van der Waals surface area contributed by atoms with Crippen molar-refractivity contribution in [3.8, 4) is 0 Å². The first-order valence-electron chi connectivity index (χ1n) is 3.94. The van der Waals surface area contributed by atoms with E-state index in [-0.39, 0.29) is 0 Å². The van der Waals surface area contributed by atoms with Gasteiger partial charge in [-0.05, 0) is 7.05 Å². The fraction of sp³-hybridized carbons (Fsp3) is 1.00. The molecule has 92 valence electrons. The summed E-state index contributed by atoms with van der Waals surface area (Å²) >= 11 is 0. The van der Waals surface area contributed by atoms with Gasteiger partial charge in [-0.15, -0.1) is 0 Å². The normalized spacial score (nSPS) is 15.8. The lowest BCUT2D eigenvalue weighted by atomic mass is 9.99. The molecule has 0 bridgehead atoms. The van der Waals surface area contributed by atoms with Crippen LogP contribution in [0.15, 0.2) is 0 Å². The molecule has 0 aliphatic rings. The molecule has 0 amide bonds. The maximum Gasteiger partial charge on any atom is 0.402 e. The molecule has 0 aliphatic carbocycles. The van der Waals surface area contributed by atoms with Crippen molar-refractivity contribution in [3.63, 3.8) is 0 Å². The third-order valence-corrected chi connectivity index (χ3v) is 1.82. The van der Waals surface area contributed by atoms with Gasteiger partial charge in [0, 0.05) is 7.11 Å². The van der Waals surface area contributed by atoms with E-state index in [4.69, 9.17) is 0 Å². The Bertz CT molecular complexity index is 175. The van der Waals surface area contributed by atoms with Crippen molar-refractivity contribution in [1.82, 2.24) is 5.32 Å². The molecule has 0 aromatic heterocycles. The Balaban J connectivity index is 4.92. The number of ether oxygens (including phenoxy) is 1. The number of halogens is 6. The number of alkyl halides is 6. The number of hydrogen-bond acceptors (Lipinski definition) is 2. The van der Waals surface area contributed by atoms with Crippen LogP contribution in [-0.2, 0) is 4.74 Å². The highest BCUT2D eigenvalue weighted by Crippen LogP contribution is 2.41. The number of hydrogen-bond donors (Lipinski definition) is 1. The van der Waals surface area contributed by atoms with Crippen molar-refractivity contribution in [2.45, 2.75) is 18.4 Å². The Morgan fingerprint density at radius 1 is 1.07 bits per heavy atom. The average Bonchev–Trinajstić information content (AvgIpc) is 1.98. The first-order valence-corrected chi connectivity index (χ1v) is 3.94. The summed E-state index contributed by atoms with van der Waals surface area (Å²) in [5, 5.41) is 1.95. The number of nitrogens with one attached hydrogen (secondary N) is 1. The van der Waals surface area contributed by atoms with E-state index >= 15 is 0 Å². The summed E-state index contributed by atoms with van der Waals surface area (Å²) in [6.45, 7) is -0.666. The van der Waals surface area contributed by atoms with E-state index in [1.807, 2.05) is 5.32 Å². The maximum atomic E-state index is 12.2. The van der Waals surface area contributed by atoms with Crippen LogP contribution in [-0.4, -0.2) is 39.2 Å². The Labute approximate surface area is 82.6 Å². The molecule has 15 heavy (non-hydrogen) atoms. The minimum atomic E-state index is -5.34. The summed E-state index contributed by atoms with van der Waals surface area (Å²) in [6.07, 6.45) is -10.7. The highest BCUT2D eigenvalue weighted by molar-refractivity contribution is 4.86. The molecule has 0 aliphatic heterocycles. The van der Waals surface area contributed by atoms with Crippen LogP contribution < -0.4 is 5.32 Å². The molecule has 0 aromatic carbocycles. The molecule has 1 atom stereocenters. The minimum absolute atomic E-state index is 0.666. The van der Waals surface area contributed by atoms with Crippen LogP contribution >= 0.6 is 0 Å². The molecule has 1 N–H and O–H groups in total. The van der Waals surface area contributed by atoms with Gasteiger partial charge in [0.05, 0.1) is 12.6 Å². The third kappa shape index (κ3) is 4.25. The Hall–Kier alpha value is -0.500. The molecule has 0 radical (unpaired) electrons. The largest absolute Gasteiger partial charge is 0.402 e. The van der Waals surface area contributed by atoms with Gasteiger partial charge >= 0.3 is 12.4 Å². The summed E-state index contributed by atoms with van der Waals surface area (Å²) in [4.78, 5) is 0. The Morgan fingerprint density at radius 2 is 1.47 bits per heavy atom. The van der Waals surface area contributed by atoms with Crippen molar-refractivity contribution in [3.05, 3.63) is 0 Å². The first kappa shape index (κ1) is 14.5. The van der Waals surface area contributed by atoms with Crippen LogP contribution in [0.4, 0.5) is 26.3 Å². The molecular formula is C7H11F6NO. The van der Waals surface area contributed by atoms with Gasteiger partial charge < -0.3 is 10.1 Å². The van der Waals surface area contributed by atoms with Gasteiger partial charge in [-0.1, -0.05) is 0 Å². The summed E-state index contributed by atoms with van der Waals surface area (Å²) in [7, 11) is 2.06. The zero-order valence-electron chi connectivity index (χ0n) is 8.04. The van der Waals surface area contributed by atoms with Crippen molar-refractivity contribution in [1.29, 1.82) is 0 Å². The van der Waals surface area contributed by atoms with Gasteiger partial charge in [0.15, 0.2) is 5.92 Å². The van der Waals surface area contributed by atoms with Crippen LogP contribution in [0, 0.1) is 5.92 Å². The number of likely N-dealkylation sites (N-methyl/N-ethyl adjacent to an activating group) is 1. The smallest absolute Gasteiger partial charge is 0.383 e. The molecule has 0 spiro atoms. The van der Waals surface area contributed by atoms with E-state index in [0.717, 1.165) is 14.2 Å². The predicted octanol–water partition coefficient (Wildman–Crippen LogP) is 1.96. The fourth-order valence-electron chi connectivity index (χ4n) is 1.17. The number of methoxy groups -OCH3 is 1. The molecule has 0 saturated heterocycles. The minimum Gasteiger partial charge on any atom is -0.383 e. The van der Waals surface area contributed by atoms with Crippen molar-refractivity contribution < 1.29 is 31.1 Å². The van der Waals surface area contributed by atoms with Crippen molar-refractivity contribution in [2.24, 2.45) is 5.92 Å². The molecule has 0 rings (SSSR count). The molecule has 0 heterocycles. The Morgan fingerprint density at radius 3 is 1.67 bits per heavy atom. The average molecular weight is 239 g/mol. The molecule has 0 fully saturated rings. The molecule has 0 saturated carbocycles. The highest BCUT2D eigenvalue weighted by Gasteiger charge is 2.59. The maximum absolute atomic E-state index is 12.2. The molecular weight excluding hydrogens is 228 g/mol. The second-order valence-electron chi connectivity index (χ2n) is 2.91. The van der Waals surface area contributed by atoms with Crippen LogP contribution in [0.1, 0.15) is 0 Å². The van der Waals surface area contributed by atoms with Crippen LogP contribution in [0.5, 0.6) is 0 Å². The van der Waals surface area contributed by atoms with Crippen LogP contribution in [0.3, 0.4) is 0 Å². The van der Waals surface area contributed by atoms with E-state index in [0.29, 0.717) is 0 Å². The number of rotatable bonds is 4. The standard InChI is InChI=1S/C7H11F6NO/c1-14-4(3-15-2)5(6(8,9)10)7(11,12)13/h4-5,14H,3H2,1-2H3. The second-order valence-corrected chi connectivity index (χ2v) is 2.91. The summed E-state index contributed by atoms with van der Waals surface area (Å²) in [6, 6.07) is -1.84. The van der Waals surface area contributed by atoms with E-state index in [9.17, 15) is 26.3 Å². The lowest BCUT2D eigenvalue weighted by Crippen LogP contribution is -2.52. The zero-order valence-corrected chi connectivity index (χ0v) is 8.04. The van der Waals surface area contributed by atoms with Gasteiger partial charge in [0.2, 0.25) is 0 Å². The predicted molar refractivity (Wildman–Crippen MR) is 40.3 cm³/mol. The molecule has 1 unspecified atom stereocenters. The van der Waals surface area contributed by atoms with Crippen molar-refractivity contribution >= 4 is 0 Å². The summed E-state index contributed by atoms with van der Waals surface area (Å²) in [5.41, 5.74) is 0.